The molecule has 0 amide bonds. The normalized spacial score (nSPS) is 15.4. The van der Waals surface area contributed by atoms with E-state index in [2.05, 4.69) is 20.0 Å². The second kappa shape index (κ2) is 12.6. The van der Waals surface area contributed by atoms with E-state index < -0.39 is 43.6 Å². The standard InChI is InChI=1S/C22H37N6O7P/c1-8-9-32-21(30)22(6,7)27-36(31,35-16(5)20(29)34-14(2)3)13-33-15(4)10-28-12-26-17-18(23)24-11-25-19(17)28/h11-12,14-16H,8-10,13H2,1-7H3,(H,27,31)(H2,23,24,25)/t15-,16-,36-/m1/s1. The van der Waals surface area contributed by atoms with Gasteiger partial charge in [-0.15, -0.1) is 0 Å². The van der Waals surface area contributed by atoms with Crippen LogP contribution in [-0.4, -0.2) is 68.3 Å². The molecule has 0 fully saturated rings. The van der Waals surface area contributed by atoms with Gasteiger partial charge in [0, 0.05) is 0 Å². The average molecular weight is 529 g/mol. The summed E-state index contributed by atoms with van der Waals surface area (Å²) in [6, 6.07) is 0. The molecule has 2 heterocycles. The number of ether oxygens (including phenoxy) is 3. The van der Waals surface area contributed by atoms with E-state index in [4.69, 9.17) is 24.5 Å². The molecule has 0 saturated carbocycles. The van der Waals surface area contributed by atoms with Gasteiger partial charge in [0.05, 0.1) is 31.7 Å². The van der Waals surface area contributed by atoms with E-state index in [9.17, 15) is 14.2 Å². The second-order valence-electron chi connectivity index (χ2n) is 9.21. The minimum atomic E-state index is -3.92. The Hall–Kier alpha value is -2.60. The van der Waals surface area contributed by atoms with Crippen molar-refractivity contribution in [2.45, 2.75) is 85.3 Å². The molecule has 14 heteroatoms. The van der Waals surface area contributed by atoms with Crippen LogP contribution in [0.5, 0.6) is 0 Å². The van der Waals surface area contributed by atoms with Crippen molar-refractivity contribution in [3.05, 3.63) is 12.7 Å². The van der Waals surface area contributed by atoms with Crippen molar-refractivity contribution < 1.29 is 32.9 Å². The first kappa shape index (κ1) is 29.6. The van der Waals surface area contributed by atoms with Gasteiger partial charge in [-0.1, -0.05) is 6.92 Å². The summed E-state index contributed by atoms with van der Waals surface area (Å²) in [7, 11) is -3.92. The zero-order valence-corrected chi connectivity index (χ0v) is 22.8. The van der Waals surface area contributed by atoms with Crippen LogP contribution in [-0.2, 0) is 39.4 Å². The molecule has 13 nitrogen and oxygen atoms in total. The number of nitrogens with one attached hydrogen (secondary N) is 1. The molecule has 2 aromatic rings. The van der Waals surface area contributed by atoms with Gasteiger partial charge in [0.15, 0.2) is 17.6 Å². The van der Waals surface area contributed by atoms with Crippen LogP contribution in [0.3, 0.4) is 0 Å². The fourth-order valence-corrected chi connectivity index (χ4v) is 5.32. The molecule has 3 N–H and O–H groups in total. The molecular weight excluding hydrogens is 491 g/mol. The Morgan fingerprint density at radius 3 is 2.53 bits per heavy atom. The zero-order chi connectivity index (χ0) is 27.1. The first-order chi connectivity index (χ1) is 16.8. The summed E-state index contributed by atoms with van der Waals surface area (Å²) in [6.07, 6.45) is 1.06. The maximum Gasteiger partial charge on any atom is 0.335 e. The fourth-order valence-electron chi connectivity index (χ4n) is 3.15. The number of carbonyl (C=O) groups excluding carboxylic acids is 2. The van der Waals surface area contributed by atoms with E-state index in [0.717, 1.165) is 0 Å². The van der Waals surface area contributed by atoms with Crippen molar-refractivity contribution in [2.24, 2.45) is 0 Å². The molecule has 202 valence electrons. The lowest BCUT2D eigenvalue weighted by molar-refractivity contribution is -0.155. The maximum absolute atomic E-state index is 13.8. The predicted molar refractivity (Wildman–Crippen MR) is 133 cm³/mol. The summed E-state index contributed by atoms with van der Waals surface area (Å²) in [5.74, 6) is -1.04. The highest BCUT2D eigenvalue weighted by Crippen LogP contribution is 2.46. The number of anilines is 1. The molecule has 2 aromatic heterocycles. The Labute approximate surface area is 210 Å². The summed E-state index contributed by atoms with van der Waals surface area (Å²) >= 11 is 0. The van der Waals surface area contributed by atoms with Crippen LogP contribution in [0.4, 0.5) is 5.82 Å². The Morgan fingerprint density at radius 2 is 1.89 bits per heavy atom. The van der Waals surface area contributed by atoms with E-state index in [-0.39, 0.29) is 18.5 Å². The Balaban J connectivity index is 2.16. The topological polar surface area (TPSA) is 170 Å². The van der Waals surface area contributed by atoms with Crippen LogP contribution in [0.15, 0.2) is 12.7 Å². The molecule has 0 aliphatic rings. The minimum Gasteiger partial charge on any atom is -0.464 e. The number of aromatic nitrogens is 4. The lowest BCUT2D eigenvalue weighted by Gasteiger charge is -2.31. The molecule has 0 unspecified atom stereocenters. The number of nitrogens with two attached hydrogens (primary N) is 1. The summed E-state index contributed by atoms with van der Waals surface area (Å²) < 4.78 is 37.4. The van der Waals surface area contributed by atoms with Crippen molar-refractivity contribution in [2.75, 3.05) is 18.7 Å². The summed E-state index contributed by atoms with van der Waals surface area (Å²) in [6.45, 7) is 12.0. The van der Waals surface area contributed by atoms with Gasteiger partial charge in [0.25, 0.3) is 7.52 Å². The monoisotopic (exact) mass is 528 g/mol. The highest BCUT2D eigenvalue weighted by Gasteiger charge is 2.40. The van der Waals surface area contributed by atoms with Gasteiger partial charge >= 0.3 is 11.9 Å². The quantitative estimate of drug-likeness (QED) is 0.272. The molecule has 36 heavy (non-hydrogen) atoms. The lowest BCUT2D eigenvalue weighted by Crippen LogP contribution is -2.47. The number of esters is 2. The number of nitrogen functional groups attached to an aromatic ring is 1. The van der Waals surface area contributed by atoms with Gasteiger partial charge in [0.1, 0.15) is 23.7 Å². The highest BCUT2D eigenvalue weighted by atomic mass is 31.2. The van der Waals surface area contributed by atoms with Gasteiger partial charge in [-0.2, -0.15) is 0 Å². The summed E-state index contributed by atoms with van der Waals surface area (Å²) in [4.78, 5) is 37.2. The van der Waals surface area contributed by atoms with E-state index in [1.165, 1.54) is 27.1 Å². The Morgan fingerprint density at radius 1 is 1.19 bits per heavy atom. The molecule has 3 atom stereocenters. The number of nitrogens with zero attached hydrogens (tertiary/aromatic N) is 4. The van der Waals surface area contributed by atoms with Crippen LogP contribution in [0, 0.1) is 0 Å². The molecule has 0 bridgehead atoms. The first-order valence-electron chi connectivity index (χ1n) is 11.8. The van der Waals surface area contributed by atoms with Crippen molar-refractivity contribution in [1.82, 2.24) is 24.6 Å². The molecule has 0 radical (unpaired) electrons. The maximum atomic E-state index is 13.8. The van der Waals surface area contributed by atoms with Crippen LogP contribution >= 0.6 is 7.52 Å². The fraction of sp³-hybridized carbons (Fsp3) is 0.682. The second-order valence-corrected chi connectivity index (χ2v) is 11.3. The number of hydrogen-bond acceptors (Lipinski definition) is 11. The average Bonchev–Trinajstić information content (AvgIpc) is 3.19. The third-order valence-electron chi connectivity index (χ3n) is 4.82. The highest BCUT2D eigenvalue weighted by molar-refractivity contribution is 7.56. The largest absolute Gasteiger partial charge is 0.464 e. The van der Waals surface area contributed by atoms with Crippen LogP contribution in [0.25, 0.3) is 11.2 Å². The minimum absolute atomic E-state index is 0.215. The van der Waals surface area contributed by atoms with E-state index >= 15 is 0 Å². The third-order valence-corrected chi connectivity index (χ3v) is 6.87. The van der Waals surface area contributed by atoms with Crippen LogP contribution in [0.2, 0.25) is 0 Å². The molecule has 0 spiro atoms. The first-order valence-corrected chi connectivity index (χ1v) is 13.6. The lowest BCUT2D eigenvalue weighted by atomic mass is 10.1. The van der Waals surface area contributed by atoms with Gasteiger partial charge in [-0.3, -0.25) is 9.36 Å². The molecule has 0 aliphatic heterocycles. The zero-order valence-electron chi connectivity index (χ0n) is 21.9. The summed E-state index contributed by atoms with van der Waals surface area (Å²) in [5.41, 5.74) is 5.45. The number of rotatable bonds is 14. The Kier molecular flexibility index (Phi) is 10.4. The predicted octanol–water partition coefficient (Wildman–Crippen LogP) is 2.64. The summed E-state index contributed by atoms with van der Waals surface area (Å²) in [5, 5.41) is 2.74. The van der Waals surface area contributed by atoms with Crippen LogP contribution < -0.4 is 10.8 Å². The van der Waals surface area contributed by atoms with Gasteiger partial charge < -0.3 is 29.0 Å². The van der Waals surface area contributed by atoms with E-state index in [1.807, 2.05) is 6.92 Å². The third kappa shape index (κ3) is 8.22. The van der Waals surface area contributed by atoms with Crippen molar-refractivity contribution in [3.63, 3.8) is 0 Å². The van der Waals surface area contributed by atoms with Crippen molar-refractivity contribution >= 4 is 36.4 Å². The molecule has 0 aromatic carbocycles. The number of imidazole rings is 1. The molecule has 0 saturated heterocycles. The Bertz CT molecular complexity index is 1090. The van der Waals surface area contributed by atoms with Crippen molar-refractivity contribution in [3.8, 4) is 0 Å². The molecular formula is C22H37N6O7P. The number of hydrogen-bond donors (Lipinski definition) is 2. The smallest absolute Gasteiger partial charge is 0.335 e. The van der Waals surface area contributed by atoms with E-state index in [0.29, 0.717) is 24.1 Å². The molecule has 2 rings (SSSR count). The van der Waals surface area contributed by atoms with Crippen LogP contribution in [0.1, 0.15) is 54.9 Å². The number of fused-ring (bicyclic) bond motifs is 1. The van der Waals surface area contributed by atoms with Gasteiger partial charge in [-0.05, 0) is 48.0 Å². The SMILES string of the molecule is CCCOC(=O)C(C)(C)N[P@@](=O)(CO[C@H](C)Cn1cnc2c(N)ncnc21)O[C@H](C)C(=O)OC(C)C. The van der Waals surface area contributed by atoms with Crippen molar-refractivity contribution in [1.29, 1.82) is 0 Å². The van der Waals surface area contributed by atoms with Gasteiger partial charge in [0.2, 0.25) is 0 Å². The van der Waals surface area contributed by atoms with E-state index in [1.54, 1.807) is 31.7 Å². The molecule has 0 aliphatic carbocycles. The van der Waals surface area contributed by atoms with Gasteiger partial charge in [-0.25, -0.2) is 24.8 Å². The number of carbonyl (C=O) groups is 2.